The molecule has 0 heterocycles. The molecule has 0 aliphatic heterocycles. The third-order valence-electron chi connectivity index (χ3n) is 3.35. The van der Waals surface area contributed by atoms with Crippen LogP contribution in [0.3, 0.4) is 0 Å². The molecule has 0 saturated heterocycles. The summed E-state index contributed by atoms with van der Waals surface area (Å²) in [5.74, 6) is 0.200. The molecule has 0 radical (unpaired) electrons. The number of aryl methyl sites for hydroxylation is 1. The standard InChI is InChI=1S/C19H22N2O4/c1-14-8-10-17(11-9-14)24-12-13-25-18(22)15(2)20-19(23)21-16-6-4-3-5-7-16/h3-11,15H,12-13H2,1-2H3,(H2,20,21,23)/t15-/m0/s1. The number of benzene rings is 2. The summed E-state index contributed by atoms with van der Waals surface area (Å²) in [4.78, 5) is 23.7. The first kappa shape index (κ1) is 18.3. The van der Waals surface area contributed by atoms with E-state index in [1.807, 2.05) is 37.3 Å². The van der Waals surface area contributed by atoms with Gasteiger partial charge in [0.1, 0.15) is 25.0 Å². The van der Waals surface area contributed by atoms with Crippen molar-refractivity contribution >= 4 is 17.7 Å². The van der Waals surface area contributed by atoms with E-state index < -0.39 is 18.0 Å². The maximum Gasteiger partial charge on any atom is 0.328 e. The minimum atomic E-state index is -0.761. The van der Waals surface area contributed by atoms with Gasteiger partial charge in [0.05, 0.1) is 0 Å². The lowest BCUT2D eigenvalue weighted by Crippen LogP contribution is -2.42. The number of esters is 1. The smallest absolute Gasteiger partial charge is 0.328 e. The Kier molecular flexibility index (Phi) is 6.83. The highest BCUT2D eigenvalue weighted by Gasteiger charge is 2.16. The average Bonchev–Trinajstić information content (AvgIpc) is 2.60. The molecule has 2 amide bonds. The number of nitrogens with one attached hydrogen (secondary N) is 2. The Morgan fingerprint density at radius 1 is 1.00 bits per heavy atom. The van der Waals surface area contributed by atoms with Gasteiger partial charge in [-0.2, -0.15) is 0 Å². The van der Waals surface area contributed by atoms with Gasteiger partial charge in [0.2, 0.25) is 0 Å². The Labute approximate surface area is 147 Å². The molecule has 132 valence electrons. The molecule has 2 N–H and O–H groups in total. The molecule has 2 aromatic rings. The lowest BCUT2D eigenvalue weighted by Gasteiger charge is -2.14. The first-order chi connectivity index (χ1) is 12.0. The number of hydrogen-bond acceptors (Lipinski definition) is 4. The number of carbonyl (C=O) groups excluding carboxylic acids is 2. The number of amides is 2. The third kappa shape index (κ3) is 6.55. The van der Waals surface area contributed by atoms with E-state index in [0.29, 0.717) is 5.69 Å². The predicted molar refractivity (Wildman–Crippen MR) is 95.7 cm³/mol. The number of para-hydroxylation sites is 1. The minimum Gasteiger partial charge on any atom is -0.490 e. The van der Waals surface area contributed by atoms with Crippen molar-refractivity contribution in [3.05, 3.63) is 60.2 Å². The van der Waals surface area contributed by atoms with Crippen molar-refractivity contribution in [1.29, 1.82) is 0 Å². The van der Waals surface area contributed by atoms with Gasteiger partial charge in [-0.05, 0) is 38.1 Å². The van der Waals surface area contributed by atoms with Crippen LogP contribution in [-0.2, 0) is 9.53 Å². The van der Waals surface area contributed by atoms with Crippen LogP contribution in [0.1, 0.15) is 12.5 Å². The lowest BCUT2D eigenvalue weighted by molar-refractivity contribution is -0.146. The first-order valence-electron chi connectivity index (χ1n) is 8.03. The Hall–Kier alpha value is -3.02. The second-order valence-electron chi connectivity index (χ2n) is 5.52. The maximum atomic E-state index is 11.9. The zero-order valence-corrected chi connectivity index (χ0v) is 14.3. The highest BCUT2D eigenvalue weighted by atomic mass is 16.6. The van der Waals surface area contributed by atoms with Crippen LogP contribution < -0.4 is 15.4 Å². The summed E-state index contributed by atoms with van der Waals surface area (Å²) in [5, 5.41) is 5.17. The number of hydrogen-bond donors (Lipinski definition) is 2. The van der Waals surface area contributed by atoms with E-state index in [4.69, 9.17) is 9.47 Å². The van der Waals surface area contributed by atoms with E-state index in [-0.39, 0.29) is 13.2 Å². The van der Waals surface area contributed by atoms with Crippen LogP contribution in [0.25, 0.3) is 0 Å². The molecule has 2 rings (SSSR count). The van der Waals surface area contributed by atoms with E-state index in [0.717, 1.165) is 11.3 Å². The van der Waals surface area contributed by atoms with Crippen LogP contribution in [0.2, 0.25) is 0 Å². The van der Waals surface area contributed by atoms with Gasteiger partial charge in [-0.15, -0.1) is 0 Å². The minimum absolute atomic E-state index is 0.110. The second-order valence-corrected chi connectivity index (χ2v) is 5.52. The Morgan fingerprint density at radius 3 is 2.36 bits per heavy atom. The van der Waals surface area contributed by atoms with Crippen molar-refractivity contribution in [1.82, 2.24) is 5.32 Å². The number of rotatable bonds is 7. The molecular formula is C19H22N2O4. The van der Waals surface area contributed by atoms with Crippen LogP contribution >= 0.6 is 0 Å². The number of urea groups is 1. The fourth-order valence-corrected chi connectivity index (χ4v) is 2.01. The topological polar surface area (TPSA) is 76.7 Å². The van der Waals surface area contributed by atoms with E-state index >= 15 is 0 Å². The van der Waals surface area contributed by atoms with Crippen molar-refractivity contribution in [3.63, 3.8) is 0 Å². The van der Waals surface area contributed by atoms with Crippen molar-refractivity contribution in [2.24, 2.45) is 0 Å². The fraction of sp³-hybridized carbons (Fsp3) is 0.263. The molecule has 0 spiro atoms. The summed E-state index contributed by atoms with van der Waals surface area (Å²) in [6, 6.07) is 15.3. The quantitative estimate of drug-likeness (QED) is 0.599. The SMILES string of the molecule is Cc1ccc(OCCOC(=O)[C@H](C)NC(=O)Nc2ccccc2)cc1. The molecule has 0 bridgehead atoms. The maximum absolute atomic E-state index is 11.9. The normalized spacial score (nSPS) is 11.3. The molecule has 6 heteroatoms. The third-order valence-corrected chi connectivity index (χ3v) is 3.35. The van der Waals surface area contributed by atoms with Crippen molar-refractivity contribution in [2.45, 2.75) is 19.9 Å². The molecule has 0 aromatic heterocycles. The highest BCUT2D eigenvalue weighted by Crippen LogP contribution is 2.11. The van der Waals surface area contributed by atoms with Gasteiger partial charge in [0.15, 0.2) is 0 Å². The summed E-state index contributed by atoms with van der Waals surface area (Å²) in [7, 11) is 0. The summed E-state index contributed by atoms with van der Waals surface area (Å²) in [6.07, 6.45) is 0. The van der Waals surface area contributed by atoms with Crippen LogP contribution in [-0.4, -0.2) is 31.3 Å². The van der Waals surface area contributed by atoms with Crippen molar-refractivity contribution in [2.75, 3.05) is 18.5 Å². The van der Waals surface area contributed by atoms with Crippen LogP contribution in [0, 0.1) is 6.92 Å². The van der Waals surface area contributed by atoms with Crippen molar-refractivity contribution in [3.8, 4) is 5.75 Å². The van der Waals surface area contributed by atoms with E-state index in [9.17, 15) is 9.59 Å². The number of ether oxygens (including phenoxy) is 2. The second kappa shape index (κ2) is 9.32. The van der Waals surface area contributed by atoms with Crippen LogP contribution in [0.15, 0.2) is 54.6 Å². The van der Waals surface area contributed by atoms with Crippen LogP contribution in [0.5, 0.6) is 5.75 Å². The zero-order chi connectivity index (χ0) is 18.1. The van der Waals surface area contributed by atoms with E-state index in [1.165, 1.54) is 0 Å². The van der Waals surface area contributed by atoms with Crippen molar-refractivity contribution < 1.29 is 19.1 Å². The van der Waals surface area contributed by atoms with Gasteiger partial charge in [0, 0.05) is 5.69 Å². The van der Waals surface area contributed by atoms with E-state index in [1.54, 1.807) is 31.2 Å². The van der Waals surface area contributed by atoms with Gasteiger partial charge in [-0.3, -0.25) is 0 Å². The molecule has 0 fully saturated rings. The molecular weight excluding hydrogens is 320 g/mol. The van der Waals surface area contributed by atoms with Gasteiger partial charge >= 0.3 is 12.0 Å². The average molecular weight is 342 g/mol. The number of anilines is 1. The lowest BCUT2D eigenvalue weighted by atomic mass is 10.2. The number of carbonyl (C=O) groups is 2. The molecule has 0 unspecified atom stereocenters. The summed E-state index contributed by atoms with van der Waals surface area (Å²) in [6.45, 7) is 3.92. The fourth-order valence-electron chi connectivity index (χ4n) is 2.01. The van der Waals surface area contributed by atoms with E-state index in [2.05, 4.69) is 10.6 Å². The summed E-state index contributed by atoms with van der Waals surface area (Å²) in [5.41, 5.74) is 1.79. The molecule has 2 aromatic carbocycles. The molecule has 25 heavy (non-hydrogen) atoms. The summed E-state index contributed by atoms with van der Waals surface area (Å²) >= 11 is 0. The van der Waals surface area contributed by atoms with Gasteiger partial charge in [-0.1, -0.05) is 35.9 Å². The molecule has 6 nitrogen and oxygen atoms in total. The van der Waals surface area contributed by atoms with Gasteiger partial charge in [0.25, 0.3) is 0 Å². The zero-order valence-electron chi connectivity index (χ0n) is 14.3. The Morgan fingerprint density at radius 2 is 1.68 bits per heavy atom. The predicted octanol–water partition coefficient (Wildman–Crippen LogP) is 3.13. The highest BCUT2D eigenvalue weighted by molar-refractivity contribution is 5.92. The first-order valence-corrected chi connectivity index (χ1v) is 8.03. The monoisotopic (exact) mass is 342 g/mol. The Balaban J connectivity index is 1.65. The molecule has 0 aliphatic rings. The van der Waals surface area contributed by atoms with Gasteiger partial charge in [-0.25, -0.2) is 9.59 Å². The molecule has 0 saturated carbocycles. The largest absolute Gasteiger partial charge is 0.490 e. The van der Waals surface area contributed by atoms with Gasteiger partial charge < -0.3 is 20.1 Å². The molecule has 0 aliphatic carbocycles. The molecule has 1 atom stereocenters. The van der Waals surface area contributed by atoms with Crippen LogP contribution in [0.4, 0.5) is 10.5 Å². The summed E-state index contributed by atoms with van der Waals surface area (Å²) < 4.78 is 10.6. The Bertz CT molecular complexity index is 686.